The molecule has 2 heterocycles. The molecule has 2 aromatic heterocycles. The molecule has 0 atom stereocenters. The van der Waals surface area contributed by atoms with Crippen LogP contribution < -0.4 is 5.56 Å². The van der Waals surface area contributed by atoms with Gasteiger partial charge in [0.05, 0.1) is 11.6 Å². The average Bonchev–Trinajstić information content (AvgIpc) is 3.09. The summed E-state index contributed by atoms with van der Waals surface area (Å²) in [7, 11) is 0. The standard InChI is InChI=1S/C19H22ClN3O2S2/c1-12-13(7-6-8-14(12)20)11-23-17-16(18(25)22-19(23)26-2)27-15(21-17)9-4-3-5-10-24/h6-8,24H,3-5,9-11H2,1-2H3. The third-order valence-electron chi connectivity index (χ3n) is 4.47. The van der Waals surface area contributed by atoms with Gasteiger partial charge in [0.15, 0.2) is 10.8 Å². The molecule has 0 spiro atoms. The second-order valence-corrected chi connectivity index (χ2v) is 8.57. The van der Waals surface area contributed by atoms with Gasteiger partial charge in [-0.05, 0) is 49.6 Å². The topological polar surface area (TPSA) is 68.0 Å². The maximum Gasteiger partial charge on any atom is 0.293 e. The van der Waals surface area contributed by atoms with Crippen molar-refractivity contribution in [2.75, 3.05) is 12.9 Å². The predicted octanol–water partition coefficient (Wildman–Crippen LogP) is 4.29. The zero-order valence-electron chi connectivity index (χ0n) is 15.4. The fourth-order valence-electron chi connectivity index (χ4n) is 2.93. The Labute approximate surface area is 171 Å². The van der Waals surface area contributed by atoms with Gasteiger partial charge >= 0.3 is 0 Å². The third-order valence-corrected chi connectivity index (χ3v) is 6.65. The Hall–Kier alpha value is -1.41. The first-order valence-electron chi connectivity index (χ1n) is 8.84. The van der Waals surface area contributed by atoms with E-state index in [0.29, 0.717) is 22.0 Å². The lowest BCUT2D eigenvalue weighted by atomic mass is 10.1. The van der Waals surface area contributed by atoms with Crippen LogP contribution in [0.2, 0.25) is 5.02 Å². The third kappa shape index (κ3) is 4.54. The number of aromatic nitrogens is 3. The second kappa shape index (κ2) is 9.19. The van der Waals surface area contributed by atoms with Crippen LogP contribution in [0.15, 0.2) is 28.2 Å². The molecule has 5 nitrogen and oxygen atoms in total. The number of thioether (sulfide) groups is 1. The molecule has 0 radical (unpaired) electrons. The quantitative estimate of drug-likeness (QED) is 0.332. The number of thiazole rings is 1. The lowest BCUT2D eigenvalue weighted by molar-refractivity contribution is 0.283. The summed E-state index contributed by atoms with van der Waals surface area (Å²) in [5.41, 5.74) is 2.59. The number of hydrogen-bond donors (Lipinski definition) is 1. The van der Waals surface area contributed by atoms with E-state index >= 15 is 0 Å². The molecule has 0 aliphatic carbocycles. The number of aliphatic hydroxyl groups is 1. The number of unbranched alkanes of at least 4 members (excludes halogenated alkanes) is 2. The molecular weight excluding hydrogens is 402 g/mol. The Bertz CT molecular complexity index is 1000. The molecule has 0 saturated carbocycles. The number of hydrogen-bond acceptors (Lipinski definition) is 6. The zero-order chi connectivity index (χ0) is 19.4. The minimum absolute atomic E-state index is 0.213. The monoisotopic (exact) mass is 423 g/mol. The number of rotatable bonds is 8. The molecule has 0 bridgehead atoms. The van der Waals surface area contributed by atoms with E-state index < -0.39 is 0 Å². The number of aliphatic hydroxyl groups excluding tert-OH is 1. The Balaban J connectivity index is 2.01. The smallest absolute Gasteiger partial charge is 0.293 e. The number of nitrogens with zero attached hydrogens (tertiary/aromatic N) is 3. The molecule has 0 aliphatic heterocycles. The molecule has 0 unspecified atom stereocenters. The second-order valence-electron chi connectivity index (χ2n) is 6.31. The highest BCUT2D eigenvalue weighted by Crippen LogP contribution is 2.26. The van der Waals surface area contributed by atoms with Crippen LogP contribution in [0.25, 0.3) is 10.3 Å². The fraction of sp³-hybridized carbons (Fsp3) is 0.421. The van der Waals surface area contributed by atoms with Gasteiger partial charge in [-0.3, -0.25) is 9.36 Å². The summed E-state index contributed by atoms with van der Waals surface area (Å²) in [6.07, 6.45) is 5.42. The van der Waals surface area contributed by atoms with E-state index in [1.807, 2.05) is 35.9 Å². The van der Waals surface area contributed by atoms with E-state index in [1.165, 1.54) is 23.1 Å². The summed E-state index contributed by atoms with van der Waals surface area (Å²) >= 11 is 9.14. The molecule has 1 aromatic carbocycles. The van der Waals surface area contributed by atoms with Crippen molar-refractivity contribution in [2.24, 2.45) is 0 Å². The van der Waals surface area contributed by atoms with Crippen molar-refractivity contribution >= 4 is 45.0 Å². The van der Waals surface area contributed by atoms with Gasteiger partial charge in [0.2, 0.25) is 0 Å². The summed E-state index contributed by atoms with van der Waals surface area (Å²) in [4.78, 5) is 21.5. The van der Waals surface area contributed by atoms with Crippen molar-refractivity contribution in [3.63, 3.8) is 0 Å². The van der Waals surface area contributed by atoms with Crippen LogP contribution in [-0.4, -0.2) is 32.5 Å². The van der Waals surface area contributed by atoms with Gasteiger partial charge in [0.25, 0.3) is 5.56 Å². The van der Waals surface area contributed by atoms with Crippen LogP contribution >= 0.6 is 34.7 Å². The first-order chi connectivity index (χ1) is 13.0. The highest BCUT2D eigenvalue weighted by Gasteiger charge is 2.17. The first-order valence-corrected chi connectivity index (χ1v) is 11.3. The average molecular weight is 424 g/mol. The predicted molar refractivity (Wildman–Crippen MR) is 113 cm³/mol. The lowest BCUT2D eigenvalue weighted by Gasteiger charge is -2.14. The van der Waals surface area contributed by atoms with Crippen LogP contribution in [0.4, 0.5) is 0 Å². The first kappa shape index (κ1) is 20.3. The van der Waals surface area contributed by atoms with Crippen LogP contribution in [0, 0.1) is 6.92 Å². The maximum atomic E-state index is 12.5. The summed E-state index contributed by atoms with van der Waals surface area (Å²) in [5, 5.41) is 11.2. The molecule has 144 valence electrons. The van der Waals surface area contributed by atoms with E-state index in [2.05, 4.69) is 4.98 Å². The van der Waals surface area contributed by atoms with Crippen molar-refractivity contribution in [1.29, 1.82) is 0 Å². The van der Waals surface area contributed by atoms with Crippen LogP contribution in [0.3, 0.4) is 0 Å². The summed E-state index contributed by atoms with van der Waals surface area (Å²) in [6.45, 7) is 2.78. The van der Waals surface area contributed by atoms with Gasteiger partial charge in [0.1, 0.15) is 4.70 Å². The molecule has 3 aromatic rings. The Morgan fingerprint density at radius 3 is 2.81 bits per heavy atom. The molecule has 1 N–H and O–H groups in total. The van der Waals surface area contributed by atoms with E-state index in [1.54, 1.807) is 0 Å². The van der Waals surface area contributed by atoms with E-state index in [0.717, 1.165) is 46.8 Å². The van der Waals surface area contributed by atoms with Crippen molar-refractivity contribution in [2.45, 2.75) is 44.3 Å². The van der Waals surface area contributed by atoms with Crippen molar-refractivity contribution < 1.29 is 5.11 Å². The van der Waals surface area contributed by atoms with Crippen LogP contribution in [0.1, 0.15) is 35.4 Å². The largest absolute Gasteiger partial charge is 0.396 e. The number of fused-ring (bicyclic) bond motifs is 1. The molecule has 27 heavy (non-hydrogen) atoms. The zero-order valence-corrected chi connectivity index (χ0v) is 17.8. The molecule has 0 fully saturated rings. The SMILES string of the molecule is CSc1nc(=O)c2sc(CCCCCO)nc2n1Cc1cccc(Cl)c1C. The molecule has 0 amide bonds. The molecule has 0 saturated heterocycles. The Morgan fingerprint density at radius 2 is 2.07 bits per heavy atom. The van der Waals surface area contributed by atoms with Crippen molar-refractivity contribution in [3.8, 4) is 0 Å². The highest BCUT2D eigenvalue weighted by molar-refractivity contribution is 7.98. The van der Waals surface area contributed by atoms with Gasteiger partial charge in [-0.25, -0.2) is 4.98 Å². The Kier molecular flexibility index (Phi) is 6.92. The van der Waals surface area contributed by atoms with Gasteiger partial charge in [-0.15, -0.1) is 11.3 Å². The molecule has 0 aliphatic rings. The summed E-state index contributed by atoms with van der Waals surface area (Å²) < 4.78 is 2.61. The van der Waals surface area contributed by atoms with E-state index in [4.69, 9.17) is 21.7 Å². The molecule has 3 rings (SSSR count). The van der Waals surface area contributed by atoms with Gasteiger partial charge in [-0.2, -0.15) is 4.98 Å². The number of aryl methyl sites for hydroxylation is 1. The van der Waals surface area contributed by atoms with Crippen LogP contribution in [-0.2, 0) is 13.0 Å². The van der Waals surface area contributed by atoms with Crippen LogP contribution in [0.5, 0.6) is 0 Å². The minimum Gasteiger partial charge on any atom is -0.396 e. The lowest BCUT2D eigenvalue weighted by Crippen LogP contribution is -2.16. The van der Waals surface area contributed by atoms with Gasteiger partial charge < -0.3 is 5.11 Å². The normalized spacial score (nSPS) is 11.4. The summed E-state index contributed by atoms with van der Waals surface area (Å²) in [6, 6.07) is 5.85. The highest BCUT2D eigenvalue weighted by atomic mass is 35.5. The minimum atomic E-state index is -0.215. The number of benzene rings is 1. The molecule has 8 heteroatoms. The van der Waals surface area contributed by atoms with Gasteiger partial charge in [0, 0.05) is 11.6 Å². The Morgan fingerprint density at radius 1 is 1.26 bits per heavy atom. The number of halogens is 1. The molecular formula is C19H22ClN3O2S2. The van der Waals surface area contributed by atoms with Gasteiger partial charge in [-0.1, -0.05) is 41.9 Å². The van der Waals surface area contributed by atoms with Crippen molar-refractivity contribution in [1.82, 2.24) is 14.5 Å². The van der Waals surface area contributed by atoms with E-state index in [-0.39, 0.29) is 12.2 Å². The maximum absolute atomic E-state index is 12.5. The van der Waals surface area contributed by atoms with E-state index in [9.17, 15) is 4.79 Å². The summed E-state index contributed by atoms with van der Waals surface area (Å²) in [5.74, 6) is 0. The fourth-order valence-corrected chi connectivity index (χ4v) is 4.66. The van der Waals surface area contributed by atoms with Crippen molar-refractivity contribution in [3.05, 3.63) is 49.7 Å².